The maximum absolute atomic E-state index is 10.1. The van der Waals surface area contributed by atoms with E-state index < -0.39 is 0 Å². The zero-order chi connectivity index (χ0) is 9.40. The molecule has 0 radical (unpaired) electrons. The minimum absolute atomic E-state index is 0.741. The van der Waals surface area contributed by atoms with Crippen molar-refractivity contribution in [3.63, 3.8) is 0 Å². The molecule has 0 rings (SSSR count). The molecule has 2 unspecified atom stereocenters. The van der Waals surface area contributed by atoms with Gasteiger partial charge < -0.3 is 4.79 Å². The fourth-order valence-electron chi connectivity index (χ4n) is 1.52. The summed E-state index contributed by atoms with van der Waals surface area (Å²) in [4.78, 5) is 10.1. The molecule has 0 saturated heterocycles. The van der Waals surface area contributed by atoms with Crippen LogP contribution in [-0.2, 0) is 4.79 Å². The third-order valence-corrected chi connectivity index (χ3v) is 2.52. The maximum Gasteiger partial charge on any atom is 0.119 e. The van der Waals surface area contributed by atoms with Crippen molar-refractivity contribution in [2.45, 2.75) is 52.9 Å². The lowest BCUT2D eigenvalue weighted by atomic mass is 9.92. The summed E-state index contributed by atoms with van der Waals surface area (Å²) in [6.07, 6.45) is 6.64. The van der Waals surface area contributed by atoms with E-state index in [1.54, 1.807) is 0 Å². The first-order chi connectivity index (χ1) is 5.70. The zero-order valence-electron chi connectivity index (χ0n) is 8.68. The fourth-order valence-corrected chi connectivity index (χ4v) is 1.52. The first-order valence-electron chi connectivity index (χ1n) is 5.14. The van der Waals surface area contributed by atoms with Crippen molar-refractivity contribution in [2.75, 3.05) is 0 Å². The quantitative estimate of drug-likeness (QED) is 0.422. The number of aldehydes is 1. The highest BCUT2D eigenvalue weighted by Crippen LogP contribution is 2.19. The van der Waals surface area contributed by atoms with Crippen molar-refractivity contribution in [1.82, 2.24) is 0 Å². The van der Waals surface area contributed by atoms with Crippen LogP contribution in [-0.4, -0.2) is 6.29 Å². The predicted molar refractivity (Wildman–Crippen MR) is 53.2 cm³/mol. The highest BCUT2D eigenvalue weighted by molar-refractivity contribution is 5.48. The third kappa shape index (κ3) is 6.38. The van der Waals surface area contributed by atoms with Crippen LogP contribution in [0.25, 0.3) is 0 Å². The van der Waals surface area contributed by atoms with E-state index in [0.717, 1.165) is 31.0 Å². The molecule has 0 aromatic rings. The largest absolute Gasteiger partial charge is 0.303 e. The van der Waals surface area contributed by atoms with Gasteiger partial charge >= 0.3 is 0 Å². The van der Waals surface area contributed by atoms with Gasteiger partial charge in [-0.15, -0.1) is 0 Å². The van der Waals surface area contributed by atoms with Crippen LogP contribution in [0, 0.1) is 11.8 Å². The molecular formula is C11H22O. The lowest BCUT2D eigenvalue weighted by Gasteiger charge is -2.14. The lowest BCUT2D eigenvalue weighted by Crippen LogP contribution is -2.02. The molecule has 0 bridgehead atoms. The average molecular weight is 170 g/mol. The van der Waals surface area contributed by atoms with E-state index in [1.807, 2.05) is 0 Å². The summed E-state index contributed by atoms with van der Waals surface area (Å²) in [6.45, 7) is 6.83. The molecule has 0 aliphatic heterocycles. The Morgan fingerprint density at radius 3 is 2.42 bits per heavy atom. The number of hydrogen-bond acceptors (Lipinski definition) is 1. The summed E-state index contributed by atoms with van der Waals surface area (Å²) in [5, 5.41) is 0. The van der Waals surface area contributed by atoms with Crippen LogP contribution in [0.2, 0.25) is 0 Å². The summed E-state index contributed by atoms with van der Waals surface area (Å²) < 4.78 is 0. The molecule has 0 aliphatic rings. The van der Waals surface area contributed by atoms with Gasteiger partial charge in [-0.1, -0.05) is 33.6 Å². The Bertz CT molecular complexity index is 110. The van der Waals surface area contributed by atoms with Crippen LogP contribution >= 0.6 is 0 Å². The van der Waals surface area contributed by atoms with Gasteiger partial charge in [0.15, 0.2) is 0 Å². The van der Waals surface area contributed by atoms with E-state index in [-0.39, 0.29) is 0 Å². The number of unbranched alkanes of at least 4 members (excludes halogenated alkanes) is 1. The molecule has 0 spiro atoms. The van der Waals surface area contributed by atoms with E-state index in [9.17, 15) is 4.79 Å². The van der Waals surface area contributed by atoms with E-state index in [2.05, 4.69) is 20.8 Å². The molecular weight excluding hydrogens is 148 g/mol. The third-order valence-electron chi connectivity index (χ3n) is 2.52. The Morgan fingerprint density at radius 1 is 1.25 bits per heavy atom. The normalized spacial score (nSPS) is 15.6. The summed E-state index contributed by atoms with van der Waals surface area (Å²) in [6, 6.07) is 0. The Morgan fingerprint density at radius 2 is 1.92 bits per heavy atom. The van der Waals surface area contributed by atoms with Crippen molar-refractivity contribution in [2.24, 2.45) is 11.8 Å². The van der Waals surface area contributed by atoms with Crippen LogP contribution in [0.15, 0.2) is 0 Å². The lowest BCUT2D eigenvalue weighted by molar-refractivity contribution is -0.107. The number of carbonyl (C=O) groups excluding carboxylic acids is 1. The van der Waals surface area contributed by atoms with Gasteiger partial charge in [-0.3, -0.25) is 0 Å². The van der Waals surface area contributed by atoms with Crippen molar-refractivity contribution in [3.05, 3.63) is 0 Å². The molecule has 0 N–H and O–H groups in total. The Labute approximate surface area is 76.6 Å². The molecule has 12 heavy (non-hydrogen) atoms. The van der Waals surface area contributed by atoms with Crippen LogP contribution in [0.1, 0.15) is 52.9 Å². The van der Waals surface area contributed by atoms with Crippen molar-refractivity contribution >= 4 is 6.29 Å². The Kier molecular flexibility index (Phi) is 7.12. The molecule has 0 heterocycles. The van der Waals surface area contributed by atoms with Gasteiger partial charge in [-0.2, -0.15) is 0 Å². The number of carbonyl (C=O) groups is 1. The van der Waals surface area contributed by atoms with Crippen molar-refractivity contribution in [3.8, 4) is 0 Å². The second-order valence-corrected chi connectivity index (χ2v) is 3.95. The van der Waals surface area contributed by atoms with Crippen LogP contribution < -0.4 is 0 Å². The van der Waals surface area contributed by atoms with Crippen LogP contribution in [0.4, 0.5) is 0 Å². The highest BCUT2D eigenvalue weighted by atomic mass is 16.1. The van der Waals surface area contributed by atoms with Crippen molar-refractivity contribution < 1.29 is 4.79 Å². The summed E-state index contributed by atoms with van der Waals surface area (Å²) in [5.41, 5.74) is 0. The topological polar surface area (TPSA) is 17.1 Å². The SMILES string of the molecule is CCC(C)CC(C)CCCC=O. The van der Waals surface area contributed by atoms with E-state index in [4.69, 9.17) is 0 Å². The molecule has 1 nitrogen and oxygen atoms in total. The van der Waals surface area contributed by atoms with Crippen LogP contribution in [0.5, 0.6) is 0 Å². The molecule has 1 heteroatoms. The zero-order valence-corrected chi connectivity index (χ0v) is 8.68. The van der Waals surface area contributed by atoms with E-state index >= 15 is 0 Å². The summed E-state index contributed by atoms with van der Waals surface area (Å²) in [7, 11) is 0. The molecule has 0 fully saturated rings. The highest BCUT2D eigenvalue weighted by Gasteiger charge is 2.06. The van der Waals surface area contributed by atoms with Gasteiger partial charge in [-0.05, 0) is 24.7 Å². The minimum Gasteiger partial charge on any atom is -0.303 e. The number of rotatable bonds is 7. The van der Waals surface area contributed by atoms with Gasteiger partial charge in [0.05, 0.1) is 0 Å². The standard InChI is InChI=1S/C11H22O/c1-4-10(2)9-11(3)7-5-6-8-12/h8,10-11H,4-7,9H2,1-3H3. The summed E-state index contributed by atoms with van der Waals surface area (Å²) >= 11 is 0. The van der Waals surface area contributed by atoms with E-state index in [1.165, 1.54) is 19.3 Å². The van der Waals surface area contributed by atoms with Crippen molar-refractivity contribution in [1.29, 1.82) is 0 Å². The Hall–Kier alpha value is -0.330. The Balaban J connectivity index is 3.32. The maximum atomic E-state index is 10.1. The molecule has 0 aliphatic carbocycles. The summed E-state index contributed by atoms with van der Waals surface area (Å²) in [5.74, 6) is 1.64. The van der Waals surface area contributed by atoms with Gasteiger partial charge in [-0.25, -0.2) is 0 Å². The van der Waals surface area contributed by atoms with Gasteiger partial charge in [0, 0.05) is 6.42 Å². The second-order valence-electron chi connectivity index (χ2n) is 3.95. The second kappa shape index (κ2) is 7.33. The minimum atomic E-state index is 0.741. The fraction of sp³-hybridized carbons (Fsp3) is 0.909. The molecule has 2 atom stereocenters. The average Bonchev–Trinajstić information content (AvgIpc) is 2.05. The molecule has 0 aromatic carbocycles. The monoisotopic (exact) mass is 170 g/mol. The first-order valence-corrected chi connectivity index (χ1v) is 5.14. The van der Waals surface area contributed by atoms with E-state index in [0.29, 0.717) is 0 Å². The molecule has 0 aromatic heterocycles. The van der Waals surface area contributed by atoms with Gasteiger partial charge in [0.1, 0.15) is 6.29 Å². The molecule has 72 valence electrons. The molecule has 0 saturated carbocycles. The van der Waals surface area contributed by atoms with Gasteiger partial charge in [0.25, 0.3) is 0 Å². The first kappa shape index (κ1) is 11.7. The predicted octanol–water partition coefficient (Wildman–Crippen LogP) is 3.43. The number of hydrogen-bond donors (Lipinski definition) is 0. The van der Waals surface area contributed by atoms with Crippen LogP contribution in [0.3, 0.4) is 0 Å². The molecule has 0 amide bonds. The van der Waals surface area contributed by atoms with Gasteiger partial charge in [0.2, 0.25) is 0 Å². The smallest absolute Gasteiger partial charge is 0.119 e.